The van der Waals surface area contributed by atoms with Gasteiger partial charge in [-0.3, -0.25) is 8.80 Å². The predicted molar refractivity (Wildman–Crippen MR) is 312 cm³/mol. The van der Waals surface area contributed by atoms with Crippen molar-refractivity contribution >= 4 is 67.7 Å². The maximum atomic E-state index is 6.70. The van der Waals surface area contributed by atoms with E-state index in [0.717, 1.165) is 111 Å². The molecule has 388 valence electrons. The van der Waals surface area contributed by atoms with Gasteiger partial charge in [-0.05, 0) is 186 Å². The molecule has 1 saturated heterocycles. The van der Waals surface area contributed by atoms with Crippen molar-refractivity contribution in [3.8, 4) is 0 Å². The highest BCUT2D eigenvalue weighted by molar-refractivity contribution is 6.62. The Balaban J connectivity index is 0.875. The minimum atomic E-state index is -0.452. The van der Waals surface area contributed by atoms with Gasteiger partial charge in [0.1, 0.15) is 22.9 Å². The minimum absolute atomic E-state index is 0.0939. The third-order valence-corrected chi connectivity index (χ3v) is 18.1. The summed E-state index contributed by atoms with van der Waals surface area (Å²) >= 11 is 0. The van der Waals surface area contributed by atoms with Crippen molar-refractivity contribution in [1.29, 1.82) is 0 Å². The molecule has 0 radical (unpaired) electrons. The molecule has 0 atom stereocenters. The van der Waals surface area contributed by atoms with Gasteiger partial charge in [-0.1, -0.05) is 127 Å². The van der Waals surface area contributed by atoms with Crippen molar-refractivity contribution in [3.63, 3.8) is 0 Å². The van der Waals surface area contributed by atoms with Gasteiger partial charge in [0.25, 0.3) is 0 Å². The molecule has 8 nitrogen and oxygen atoms in total. The van der Waals surface area contributed by atoms with Gasteiger partial charge in [0, 0.05) is 21.6 Å². The summed E-state index contributed by atoms with van der Waals surface area (Å²) in [4.78, 5) is 21.8. The summed E-state index contributed by atoms with van der Waals surface area (Å²) < 4.78 is 18.1. The van der Waals surface area contributed by atoms with E-state index in [0.29, 0.717) is 0 Å². The fraction of sp³-hybridized carbons (Fsp3) is 0.485. The van der Waals surface area contributed by atoms with Crippen molar-refractivity contribution < 1.29 is 9.31 Å². The molecular formula is C66H79BN6O2. The highest BCUT2D eigenvalue weighted by atomic mass is 16.7. The number of aryl methyl sites for hydroxylation is 4. The number of benzene rings is 5. The Labute approximate surface area is 445 Å². The zero-order chi connectivity index (χ0) is 53.5. The molecule has 0 unspecified atom stereocenters. The molecule has 3 aliphatic rings. The average Bonchev–Trinajstić information content (AvgIpc) is 4.03. The van der Waals surface area contributed by atoms with Gasteiger partial charge in [0.15, 0.2) is 0 Å². The first-order valence-corrected chi connectivity index (χ1v) is 27.9. The van der Waals surface area contributed by atoms with Crippen LogP contribution in [0.15, 0.2) is 78.9 Å². The van der Waals surface area contributed by atoms with Gasteiger partial charge in [-0.25, -0.2) is 19.9 Å². The van der Waals surface area contributed by atoms with E-state index in [1.807, 2.05) is 0 Å². The van der Waals surface area contributed by atoms with Crippen molar-refractivity contribution in [2.45, 2.75) is 207 Å². The van der Waals surface area contributed by atoms with Crippen LogP contribution in [-0.2, 0) is 67.5 Å². The Morgan fingerprint density at radius 1 is 0.427 bits per heavy atom. The Bertz CT molecular complexity index is 3640. The van der Waals surface area contributed by atoms with E-state index in [2.05, 4.69) is 212 Å². The lowest BCUT2D eigenvalue weighted by Gasteiger charge is -2.32. The van der Waals surface area contributed by atoms with Crippen LogP contribution in [0.3, 0.4) is 0 Å². The highest BCUT2D eigenvalue weighted by Gasteiger charge is 2.52. The summed E-state index contributed by atoms with van der Waals surface area (Å²) in [5.41, 5.74) is 19.3. The van der Waals surface area contributed by atoms with Crippen LogP contribution in [0.1, 0.15) is 194 Å². The molecule has 1 aliphatic heterocycles. The molecule has 1 fully saturated rings. The smallest absolute Gasteiger partial charge is 0.399 e. The zero-order valence-electron chi connectivity index (χ0n) is 48.3. The maximum Gasteiger partial charge on any atom is 0.494 e. The first kappa shape index (κ1) is 50.2. The number of fused-ring (bicyclic) bond motifs is 12. The zero-order valence-corrected chi connectivity index (χ0v) is 48.3. The number of aromatic nitrogens is 6. The van der Waals surface area contributed by atoms with E-state index in [9.17, 15) is 0 Å². The number of nitrogens with zero attached hydrogens (tertiary/aromatic N) is 6. The topological polar surface area (TPSA) is 78.8 Å². The van der Waals surface area contributed by atoms with Crippen LogP contribution < -0.4 is 5.46 Å². The Morgan fingerprint density at radius 3 is 1.16 bits per heavy atom. The average molecular weight is 999 g/mol. The molecule has 0 amide bonds. The Kier molecular flexibility index (Phi) is 10.7. The monoisotopic (exact) mass is 999 g/mol. The molecule has 9 heteroatoms. The van der Waals surface area contributed by atoms with Crippen LogP contribution in [0, 0.1) is 0 Å². The first-order chi connectivity index (χ1) is 34.8. The van der Waals surface area contributed by atoms with Crippen LogP contribution in [0.2, 0.25) is 0 Å². The van der Waals surface area contributed by atoms with Crippen LogP contribution in [0.5, 0.6) is 0 Å². The van der Waals surface area contributed by atoms with Gasteiger partial charge in [0.2, 0.25) is 0 Å². The maximum absolute atomic E-state index is 6.70. The number of rotatable bonds is 7. The van der Waals surface area contributed by atoms with Crippen molar-refractivity contribution in [3.05, 3.63) is 135 Å². The standard InChI is InChI=1S/C66H79BN6O2/c1-59(2,3)57-70-49-30-38(23-25-43(49)55-68-51-32-45-47(34-53(51)72(55)57)63(11,12)36-61(45,7)8)19-21-40-27-41(29-42(28-40)67-74-65(15,16)66(17,18)75-67)22-20-39-24-26-44-50(31-39)71-58(60(4,5)6)73-54-35-48-46(33-52(54)69-56(44)73)62(9,10)37-64(48,13)14/h23-35H,19-22,36-37H2,1-18H3. The van der Waals surface area contributed by atoms with E-state index in [-0.39, 0.29) is 32.5 Å². The molecule has 0 bridgehead atoms. The number of imidazole rings is 2. The summed E-state index contributed by atoms with van der Waals surface area (Å²) in [7, 11) is -0.452. The molecule has 4 aromatic heterocycles. The third kappa shape index (κ3) is 8.05. The van der Waals surface area contributed by atoms with Gasteiger partial charge < -0.3 is 9.31 Å². The van der Waals surface area contributed by atoms with Crippen LogP contribution in [-0.4, -0.2) is 47.1 Å². The SMILES string of the molecule is CC(C)(C)c1nc2cc(CCc3cc(CCc4ccc5c(c4)nc(C(C)(C)C)n4c6cc7c(cc6nc54)C(C)(C)CC7(C)C)cc(B4OC(C)(C)C(C)(C)O4)c3)ccc2c2nc3cc4c(cc3n12)C(C)(C)CC4(C)C. The van der Waals surface area contributed by atoms with Gasteiger partial charge >= 0.3 is 7.12 Å². The van der Waals surface area contributed by atoms with E-state index < -0.39 is 18.3 Å². The second-order valence-corrected chi connectivity index (χ2v) is 28.9. The summed E-state index contributed by atoms with van der Waals surface area (Å²) in [5.74, 6) is 2.08. The van der Waals surface area contributed by atoms with Crippen molar-refractivity contribution in [2.24, 2.45) is 0 Å². The molecule has 5 aromatic carbocycles. The van der Waals surface area contributed by atoms with Gasteiger partial charge in [0.05, 0.1) is 44.3 Å². The Morgan fingerprint density at radius 2 is 0.787 bits per heavy atom. The molecule has 12 rings (SSSR count). The summed E-state index contributed by atoms with van der Waals surface area (Å²) in [6.45, 7) is 41.2. The van der Waals surface area contributed by atoms with Crippen LogP contribution >= 0.6 is 0 Å². The fourth-order valence-electron chi connectivity index (χ4n) is 14.0. The number of hydrogen-bond donors (Lipinski definition) is 0. The second-order valence-electron chi connectivity index (χ2n) is 28.9. The number of hydrogen-bond acceptors (Lipinski definition) is 6. The minimum Gasteiger partial charge on any atom is -0.399 e. The second kappa shape index (κ2) is 16.0. The highest BCUT2D eigenvalue weighted by Crippen LogP contribution is 2.52. The largest absolute Gasteiger partial charge is 0.494 e. The summed E-state index contributed by atoms with van der Waals surface area (Å²) in [6.07, 6.45) is 5.73. The van der Waals surface area contributed by atoms with Crippen LogP contribution in [0.4, 0.5) is 0 Å². The molecule has 0 spiro atoms. The lowest BCUT2D eigenvalue weighted by atomic mass is 9.76. The lowest BCUT2D eigenvalue weighted by Crippen LogP contribution is -2.41. The molecule has 75 heavy (non-hydrogen) atoms. The first-order valence-electron chi connectivity index (χ1n) is 27.9. The normalized spacial score (nSPS) is 19.4. The van der Waals surface area contributed by atoms with Crippen molar-refractivity contribution in [2.75, 3.05) is 0 Å². The van der Waals surface area contributed by atoms with Crippen molar-refractivity contribution in [1.82, 2.24) is 28.7 Å². The van der Waals surface area contributed by atoms with Gasteiger partial charge in [-0.2, -0.15) is 0 Å². The predicted octanol–water partition coefficient (Wildman–Crippen LogP) is 14.8. The molecule has 5 heterocycles. The molecular weight excluding hydrogens is 920 g/mol. The molecule has 9 aromatic rings. The molecule has 0 N–H and O–H groups in total. The third-order valence-electron chi connectivity index (χ3n) is 18.1. The summed E-state index contributed by atoms with van der Waals surface area (Å²) in [6, 6.07) is 30.3. The van der Waals surface area contributed by atoms with E-state index in [4.69, 9.17) is 29.2 Å². The molecule has 2 aliphatic carbocycles. The van der Waals surface area contributed by atoms with Crippen LogP contribution in [0.25, 0.3) is 55.2 Å². The summed E-state index contributed by atoms with van der Waals surface area (Å²) in [5, 5.41) is 2.17. The fourth-order valence-corrected chi connectivity index (χ4v) is 14.0. The van der Waals surface area contributed by atoms with E-state index >= 15 is 0 Å². The van der Waals surface area contributed by atoms with Gasteiger partial charge in [-0.15, -0.1) is 0 Å². The lowest BCUT2D eigenvalue weighted by molar-refractivity contribution is 0.00578. The Hall–Kier alpha value is -5.64. The van der Waals surface area contributed by atoms with E-state index in [1.54, 1.807) is 0 Å². The molecule has 0 saturated carbocycles. The van der Waals surface area contributed by atoms with E-state index in [1.165, 1.54) is 44.5 Å². The quantitative estimate of drug-likeness (QED) is 0.148.